The standard InChI is InChI=1S/C21H20N4O4/c1-28-21(27)18-19(29-14-23-18)15-6-2-3-7-16(15)20(26)25-12-10-24(11-13-25)17-8-4-5-9-22-17/h2-9,14H,10-13H2,1H3. The molecule has 0 aliphatic carbocycles. The number of hydrogen-bond donors (Lipinski definition) is 0. The molecule has 148 valence electrons. The van der Waals surface area contributed by atoms with Crippen molar-refractivity contribution in [3.63, 3.8) is 0 Å². The zero-order chi connectivity index (χ0) is 20.2. The molecule has 1 aliphatic rings. The van der Waals surface area contributed by atoms with Crippen molar-refractivity contribution in [3.05, 3.63) is 66.3 Å². The third-order valence-corrected chi connectivity index (χ3v) is 4.89. The summed E-state index contributed by atoms with van der Waals surface area (Å²) >= 11 is 0. The van der Waals surface area contributed by atoms with Crippen LogP contribution in [-0.2, 0) is 4.74 Å². The number of piperazine rings is 1. The third-order valence-electron chi connectivity index (χ3n) is 4.89. The van der Waals surface area contributed by atoms with Crippen molar-refractivity contribution < 1.29 is 18.7 Å². The van der Waals surface area contributed by atoms with Crippen molar-refractivity contribution in [2.24, 2.45) is 0 Å². The summed E-state index contributed by atoms with van der Waals surface area (Å²) in [6, 6.07) is 12.8. The van der Waals surface area contributed by atoms with Crippen molar-refractivity contribution in [1.29, 1.82) is 0 Å². The lowest BCUT2D eigenvalue weighted by Gasteiger charge is -2.35. The summed E-state index contributed by atoms with van der Waals surface area (Å²) < 4.78 is 10.2. The zero-order valence-electron chi connectivity index (χ0n) is 15.9. The number of hydrogen-bond acceptors (Lipinski definition) is 7. The average Bonchev–Trinajstić information content (AvgIpc) is 3.28. The predicted molar refractivity (Wildman–Crippen MR) is 106 cm³/mol. The summed E-state index contributed by atoms with van der Waals surface area (Å²) in [5.74, 6) is 0.408. The molecule has 0 spiro atoms. The number of aromatic nitrogens is 2. The monoisotopic (exact) mass is 392 g/mol. The summed E-state index contributed by atoms with van der Waals surface area (Å²) in [6.45, 7) is 2.54. The second-order valence-electron chi connectivity index (χ2n) is 6.53. The fourth-order valence-electron chi connectivity index (χ4n) is 3.40. The van der Waals surface area contributed by atoms with Gasteiger partial charge in [-0.2, -0.15) is 0 Å². The maximum atomic E-state index is 13.2. The highest BCUT2D eigenvalue weighted by Crippen LogP contribution is 2.28. The Morgan fingerprint density at radius 1 is 1.00 bits per heavy atom. The molecule has 0 radical (unpaired) electrons. The molecule has 0 unspecified atom stereocenters. The lowest BCUT2D eigenvalue weighted by molar-refractivity contribution is 0.0594. The number of ether oxygens (including phenoxy) is 1. The van der Waals surface area contributed by atoms with Crippen molar-refractivity contribution in [2.45, 2.75) is 0 Å². The van der Waals surface area contributed by atoms with Gasteiger partial charge in [0.1, 0.15) is 5.82 Å². The second kappa shape index (κ2) is 8.14. The summed E-state index contributed by atoms with van der Waals surface area (Å²) in [7, 11) is 1.28. The molecule has 1 amide bonds. The summed E-state index contributed by atoms with van der Waals surface area (Å²) in [5.41, 5.74) is 1.02. The number of anilines is 1. The smallest absolute Gasteiger partial charge is 0.360 e. The van der Waals surface area contributed by atoms with Crippen molar-refractivity contribution >= 4 is 17.7 Å². The first kappa shape index (κ1) is 18.7. The van der Waals surface area contributed by atoms with Gasteiger partial charge in [0.15, 0.2) is 17.8 Å². The molecule has 1 aromatic carbocycles. The number of rotatable bonds is 4. The van der Waals surface area contributed by atoms with E-state index in [0.717, 1.165) is 5.82 Å². The van der Waals surface area contributed by atoms with Crippen molar-refractivity contribution in [2.75, 3.05) is 38.2 Å². The Kier molecular flexibility index (Phi) is 5.24. The fourth-order valence-corrected chi connectivity index (χ4v) is 3.40. The van der Waals surface area contributed by atoms with Gasteiger partial charge in [-0.15, -0.1) is 0 Å². The van der Waals surface area contributed by atoms with E-state index in [1.807, 2.05) is 18.2 Å². The number of methoxy groups -OCH3 is 1. The number of pyridine rings is 1. The first-order chi connectivity index (χ1) is 14.2. The van der Waals surface area contributed by atoms with Gasteiger partial charge in [-0.1, -0.05) is 24.3 Å². The van der Waals surface area contributed by atoms with Gasteiger partial charge in [0.25, 0.3) is 5.91 Å². The maximum absolute atomic E-state index is 13.2. The number of carbonyl (C=O) groups excluding carboxylic acids is 2. The zero-order valence-corrected chi connectivity index (χ0v) is 15.9. The minimum absolute atomic E-state index is 0.0488. The van der Waals surface area contributed by atoms with Crippen LogP contribution in [0, 0.1) is 0 Å². The fraction of sp³-hybridized carbons (Fsp3) is 0.238. The van der Waals surface area contributed by atoms with Gasteiger partial charge in [0.2, 0.25) is 0 Å². The third kappa shape index (κ3) is 3.69. The molecule has 0 atom stereocenters. The van der Waals surface area contributed by atoms with Crippen LogP contribution in [0.5, 0.6) is 0 Å². The molecular formula is C21H20N4O4. The SMILES string of the molecule is COC(=O)c1ncoc1-c1ccccc1C(=O)N1CCN(c2ccccn2)CC1. The van der Waals surface area contributed by atoms with E-state index in [-0.39, 0.29) is 17.4 Å². The van der Waals surface area contributed by atoms with E-state index in [1.54, 1.807) is 35.4 Å². The van der Waals surface area contributed by atoms with Gasteiger partial charge >= 0.3 is 5.97 Å². The highest BCUT2D eigenvalue weighted by atomic mass is 16.5. The van der Waals surface area contributed by atoms with Crippen LogP contribution < -0.4 is 4.90 Å². The van der Waals surface area contributed by atoms with Crippen molar-refractivity contribution in [1.82, 2.24) is 14.9 Å². The number of oxazole rings is 1. The highest BCUT2D eigenvalue weighted by molar-refractivity contribution is 6.03. The van der Waals surface area contributed by atoms with E-state index in [0.29, 0.717) is 37.3 Å². The van der Waals surface area contributed by atoms with Crippen LogP contribution in [0.4, 0.5) is 5.82 Å². The van der Waals surface area contributed by atoms with Crippen LogP contribution in [0.1, 0.15) is 20.8 Å². The van der Waals surface area contributed by atoms with E-state index in [2.05, 4.69) is 14.9 Å². The molecule has 0 bridgehead atoms. The largest absolute Gasteiger partial charge is 0.464 e. The number of carbonyl (C=O) groups is 2. The van der Waals surface area contributed by atoms with Crippen LogP contribution in [-0.4, -0.2) is 60.0 Å². The van der Waals surface area contributed by atoms with E-state index < -0.39 is 5.97 Å². The summed E-state index contributed by atoms with van der Waals surface area (Å²) in [4.78, 5) is 37.5. The molecule has 8 nitrogen and oxygen atoms in total. The van der Waals surface area contributed by atoms with Crippen LogP contribution in [0.3, 0.4) is 0 Å². The average molecular weight is 392 g/mol. The highest BCUT2D eigenvalue weighted by Gasteiger charge is 2.27. The minimum atomic E-state index is -0.611. The topological polar surface area (TPSA) is 88.8 Å². The Morgan fingerprint density at radius 2 is 1.76 bits per heavy atom. The lowest BCUT2D eigenvalue weighted by Crippen LogP contribution is -2.49. The van der Waals surface area contributed by atoms with Gasteiger partial charge in [-0.05, 0) is 18.2 Å². The van der Waals surface area contributed by atoms with E-state index in [1.165, 1.54) is 13.5 Å². The molecule has 0 saturated carbocycles. The molecule has 1 aliphatic heterocycles. The molecule has 1 fully saturated rings. The second-order valence-corrected chi connectivity index (χ2v) is 6.53. The summed E-state index contributed by atoms with van der Waals surface area (Å²) in [5, 5.41) is 0. The Morgan fingerprint density at radius 3 is 2.48 bits per heavy atom. The van der Waals surface area contributed by atoms with Crippen LogP contribution in [0.25, 0.3) is 11.3 Å². The molecule has 2 aromatic heterocycles. The van der Waals surface area contributed by atoms with E-state index in [9.17, 15) is 9.59 Å². The predicted octanol–water partition coefficient (Wildman–Crippen LogP) is 2.49. The van der Waals surface area contributed by atoms with Crippen LogP contribution in [0.15, 0.2) is 59.5 Å². The number of benzene rings is 1. The van der Waals surface area contributed by atoms with Gasteiger partial charge in [0.05, 0.1) is 12.7 Å². The molecular weight excluding hydrogens is 372 g/mol. The molecule has 1 saturated heterocycles. The lowest BCUT2D eigenvalue weighted by atomic mass is 10.0. The first-order valence-electron chi connectivity index (χ1n) is 9.25. The number of esters is 1. The van der Waals surface area contributed by atoms with Gasteiger partial charge in [-0.3, -0.25) is 4.79 Å². The maximum Gasteiger partial charge on any atom is 0.360 e. The normalized spacial score (nSPS) is 14.0. The first-order valence-corrected chi connectivity index (χ1v) is 9.25. The molecule has 29 heavy (non-hydrogen) atoms. The Labute approximate surface area is 167 Å². The van der Waals surface area contributed by atoms with Crippen LogP contribution >= 0.6 is 0 Å². The minimum Gasteiger partial charge on any atom is -0.464 e. The van der Waals surface area contributed by atoms with E-state index in [4.69, 9.17) is 9.15 Å². The number of amides is 1. The molecule has 3 aromatic rings. The number of nitrogens with zero attached hydrogens (tertiary/aromatic N) is 4. The quantitative estimate of drug-likeness (QED) is 0.630. The molecule has 3 heterocycles. The summed E-state index contributed by atoms with van der Waals surface area (Å²) in [6.07, 6.45) is 2.94. The Bertz CT molecular complexity index is 1010. The van der Waals surface area contributed by atoms with Crippen LogP contribution in [0.2, 0.25) is 0 Å². The van der Waals surface area contributed by atoms with Gasteiger partial charge in [0, 0.05) is 37.9 Å². The Hall–Kier alpha value is -3.68. The van der Waals surface area contributed by atoms with Crippen molar-refractivity contribution in [3.8, 4) is 11.3 Å². The molecule has 0 N–H and O–H groups in total. The molecule has 4 rings (SSSR count). The van der Waals surface area contributed by atoms with E-state index >= 15 is 0 Å². The Balaban J connectivity index is 1.55. The van der Waals surface area contributed by atoms with Gasteiger partial charge in [-0.25, -0.2) is 14.8 Å². The van der Waals surface area contributed by atoms with Gasteiger partial charge < -0.3 is 19.0 Å². The molecule has 8 heteroatoms.